The second-order valence-corrected chi connectivity index (χ2v) is 5.63. The standard InChI is InChI=1S/C14H17F3N2OS/c15-14(16,17)20-12-5-1-10(2-6-12)9-19(11-3-4-11)8-7-13(18)21/h1-2,5-6,11H,3-4,7-9H2,(H2,18,21). The summed E-state index contributed by atoms with van der Waals surface area (Å²) in [4.78, 5) is 2.74. The van der Waals surface area contributed by atoms with E-state index in [9.17, 15) is 13.2 Å². The zero-order valence-electron chi connectivity index (χ0n) is 11.4. The Morgan fingerprint density at radius 2 is 1.90 bits per heavy atom. The molecule has 1 aromatic rings. The summed E-state index contributed by atoms with van der Waals surface area (Å²) in [6, 6.07) is 6.50. The van der Waals surface area contributed by atoms with Crippen molar-refractivity contribution in [3.05, 3.63) is 29.8 Å². The minimum absolute atomic E-state index is 0.202. The van der Waals surface area contributed by atoms with Crippen molar-refractivity contribution in [2.45, 2.75) is 38.2 Å². The summed E-state index contributed by atoms with van der Waals surface area (Å²) < 4.78 is 40.1. The van der Waals surface area contributed by atoms with E-state index in [0.717, 1.165) is 24.9 Å². The first-order valence-corrected chi connectivity index (χ1v) is 7.11. The first-order valence-electron chi connectivity index (χ1n) is 6.70. The largest absolute Gasteiger partial charge is 0.573 e. The molecule has 0 aromatic heterocycles. The highest BCUT2D eigenvalue weighted by atomic mass is 32.1. The summed E-state index contributed by atoms with van der Waals surface area (Å²) in [5.74, 6) is -0.202. The van der Waals surface area contributed by atoms with Gasteiger partial charge in [-0.3, -0.25) is 4.90 Å². The van der Waals surface area contributed by atoms with E-state index in [1.165, 1.54) is 12.1 Å². The van der Waals surface area contributed by atoms with Crippen LogP contribution < -0.4 is 10.5 Å². The number of nitrogens with two attached hydrogens (primary N) is 1. The van der Waals surface area contributed by atoms with E-state index in [4.69, 9.17) is 18.0 Å². The molecule has 0 bridgehead atoms. The third kappa shape index (κ3) is 5.89. The predicted octanol–water partition coefficient (Wildman–Crippen LogP) is 3.23. The van der Waals surface area contributed by atoms with E-state index in [-0.39, 0.29) is 5.75 Å². The van der Waals surface area contributed by atoms with E-state index >= 15 is 0 Å². The van der Waals surface area contributed by atoms with Crippen LogP contribution in [0.4, 0.5) is 13.2 Å². The third-order valence-electron chi connectivity index (χ3n) is 3.25. The van der Waals surface area contributed by atoms with Gasteiger partial charge in [0.05, 0.1) is 4.99 Å². The zero-order chi connectivity index (χ0) is 15.5. The van der Waals surface area contributed by atoms with Crippen molar-refractivity contribution in [1.82, 2.24) is 4.90 Å². The van der Waals surface area contributed by atoms with Gasteiger partial charge in [0.2, 0.25) is 0 Å². The first-order chi connectivity index (χ1) is 9.83. The highest BCUT2D eigenvalue weighted by Gasteiger charge is 2.31. The van der Waals surface area contributed by atoms with Crippen LogP contribution in [0.2, 0.25) is 0 Å². The maximum atomic E-state index is 12.1. The van der Waals surface area contributed by atoms with Crippen molar-refractivity contribution in [3.8, 4) is 5.75 Å². The van der Waals surface area contributed by atoms with E-state index in [1.807, 2.05) is 0 Å². The molecule has 0 unspecified atom stereocenters. The maximum absolute atomic E-state index is 12.1. The quantitative estimate of drug-likeness (QED) is 0.784. The Morgan fingerprint density at radius 3 is 2.38 bits per heavy atom. The average Bonchev–Trinajstić information content (AvgIpc) is 3.18. The van der Waals surface area contributed by atoms with Gasteiger partial charge in [-0.1, -0.05) is 24.4 Å². The summed E-state index contributed by atoms with van der Waals surface area (Å²) in [5.41, 5.74) is 6.46. The molecular formula is C14H17F3N2OS. The lowest BCUT2D eigenvalue weighted by molar-refractivity contribution is -0.274. The Labute approximate surface area is 126 Å². The van der Waals surface area contributed by atoms with Gasteiger partial charge < -0.3 is 10.5 Å². The van der Waals surface area contributed by atoms with Crippen molar-refractivity contribution < 1.29 is 17.9 Å². The minimum atomic E-state index is -4.65. The van der Waals surface area contributed by atoms with Crippen LogP contribution in [0, 0.1) is 0 Å². The van der Waals surface area contributed by atoms with Crippen LogP contribution in [-0.2, 0) is 6.54 Å². The summed E-state index contributed by atoms with van der Waals surface area (Å²) in [6.45, 7) is 1.46. The summed E-state index contributed by atoms with van der Waals surface area (Å²) in [7, 11) is 0. The molecule has 0 spiro atoms. The molecule has 7 heteroatoms. The first kappa shape index (κ1) is 16.0. The fraction of sp³-hybridized carbons (Fsp3) is 0.500. The fourth-order valence-corrected chi connectivity index (χ4v) is 2.21. The van der Waals surface area contributed by atoms with E-state index in [1.54, 1.807) is 12.1 Å². The van der Waals surface area contributed by atoms with Gasteiger partial charge in [-0.25, -0.2) is 0 Å². The molecule has 1 fully saturated rings. The van der Waals surface area contributed by atoms with Gasteiger partial charge in [-0.2, -0.15) is 0 Å². The van der Waals surface area contributed by atoms with Gasteiger partial charge >= 0.3 is 6.36 Å². The highest BCUT2D eigenvalue weighted by Crippen LogP contribution is 2.29. The number of halogens is 3. The summed E-state index contributed by atoms with van der Waals surface area (Å²) in [5, 5.41) is 0. The molecule has 0 radical (unpaired) electrons. The van der Waals surface area contributed by atoms with E-state index in [0.29, 0.717) is 24.0 Å². The van der Waals surface area contributed by atoms with Gasteiger partial charge in [-0.15, -0.1) is 13.2 Å². The summed E-state index contributed by atoms with van der Waals surface area (Å²) >= 11 is 4.88. The second-order valence-electron chi connectivity index (χ2n) is 5.11. The average molecular weight is 318 g/mol. The fourth-order valence-electron chi connectivity index (χ4n) is 2.12. The number of hydrogen-bond donors (Lipinski definition) is 1. The molecule has 116 valence electrons. The van der Waals surface area contributed by atoms with E-state index < -0.39 is 6.36 Å². The maximum Gasteiger partial charge on any atom is 0.573 e. The van der Waals surface area contributed by atoms with Gasteiger partial charge in [-0.05, 0) is 30.5 Å². The Bertz CT molecular complexity index is 486. The molecular weight excluding hydrogens is 301 g/mol. The summed E-state index contributed by atoms with van der Waals surface area (Å²) in [6.07, 6.45) is -1.71. The van der Waals surface area contributed by atoms with Crippen LogP contribution in [0.5, 0.6) is 5.75 Å². The molecule has 21 heavy (non-hydrogen) atoms. The Kier molecular flexibility index (Phi) is 5.05. The predicted molar refractivity (Wildman–Crippen MR) is 78.0 cm³/mol. The van der Waals surface area contributed by atoms with Crippen molar-refractivity contribution >= 4 is 17.2 Å². The lowest BCUT2D eigenvalue weighted by Crippen LogP contribution is -2.29. The zero-order valence-corrected chi connectivity index (χ0v) is 12.2. The molecule has 1 saturated carbocycles. The van der Waals surface area contributed by atoms with Crippen LogP contribution in [0.15, 0.2) is 24.3 Å². The van der Waals surface area contributed by atoms with Crippen LogP contribution in [-0.4, -0.2) is 28.8 Å². The highest BCUT2D eigenvalue weighted by molar-refractivity contribution is 7.80. The molecule has 2 N–H and O–H groups in total. The molecule has 0 heterocycles. The van der Waals surface area contributed by atoms with Crippen LogP contribution in [0.1, 0.15) is 24.8 Å². The van der Waals surface area contributed by atoms with Crippen molar-refractivity contribution in [3.63, 3.8) is 0 Å². The number of ether oxygens (including phenoxy) is 1. The van der Waals surface area contributed by atoms with Gasteiger partial charge in [0.25, 0.3) is 0 Å². The Hall–Kier alpha value is -1.34. The SMILES string of the molecule is NC(=S)CCN(Cc1ccc(OC(F)(F)F)cc1)C1CC1. The van der Waals surface area contributed by atoms with Crippen molar-refractivity contribution in [1.29, 1.82) is 0 Å². The number of benzene rings is 1. The monoisotopic (exact) mass is 318 g/mol. The second kappa shape index (κ2) is 6.62. The van der Waals surface area contributed by atoms with E-state index in [2.05, 4.69) is 9.64 Å². The van der Waals surface area contributed by atoms with Crippen LogP contribution >= 0.6 is 12.2 Å². The van der Waals surface area contributed by atoms with Gasteiger partial charge in [0.1, 0.15) is 5.75 Å². The topological polar surface area (TPSA) is 38.5 Å². The number of rotatable bonds is 7. The normalized spacial score (nSPS) is 15.2. The molecule has 1 aliphatic rings. The Balaban J connectivity index is 1.92. The molecule has 0 amide bonds. The van der Waals surface area contributed by atoms with Crippen LogP contribution in [0.25, 0.3) is 0 Å². The number of thiocarbonyl (C=S) groups is 1. The molecule has 2 rings (SSSR count). The van der Waals surface area contributed by atoms with Gasteiger partial charge in [0, 0.05) is 25.6 Å². The number of hydrogen-bond acceptors (Lipinski definition) is 3. The molecule has 0 saturated heterocycles. The number of alkyl halides is 3. The molecule has 1 aliphatic carbocycles. The minimum Gasteiger partial charge on any atom is -0.406 e. The third-order valence-corrected chi connectivity index (χ3v) is 3.46. The molecule has 3 nitrogen and oxygen atoms in total. The lowest BCUT2D eigenvalue weighted by Gasteiger charge is -2.22. The smallest absolute Gasteiger partial charge is 0.406 e. The molecule has 0 atom stereocenters. The molecule has 0 aliphatic heterocycles. The molecule has 1 aromatic carbocycles. The Morgan fingerprint density at radius 1 is 1.29 bits per heavy atom. The van der Waals surface area contributed by atoms with Crippen molar-refractivity contribution in [2.24, 2.45) is 5.73 Å². The van der Waals surface area contributed by atoms with Crippen molar-refractivity contribution in [2.75, 3.05) is 6.54 Å². The van der Waals surface area contributed by atoms with Gasteiger partial charge in [0.15, 0.2) is 0 Å². The lowest BCUT2D eigenvalue weighted by atomic mass is 10.2. The van der Waals surface area contributed by atoms with Crippen LogP contribution in [0.3, 0.4) is 0 Å². The number of nitrogens with zero attached hydrogens (tertiary/aromatic N) is 1.